The number of halogens is 3. The van der Waals surface area contributed by atoms with E-state index in [2.05, 4.69) is 11.6 Å². The van der Waals surface area contributed by atoms with Crippen LogP contribution >= 0.6 is 0 Å². The zero-order valence-corrected chi connectivity index (χ0v) is 20.1. The van der Waals surface area contributed by atoms with Gasteiger partial charge >= 0.3 is 0 Å². The van der Waals surface area contributed by atoms with Crippen LogP contribution < -0.4 is 4.74 Å². The normalized spacial score (nSPS) is 20.5. The van der Waals surface area contributed by atoms with Gasteiger partial charge in [0.15, 0.2) is 17.5 Å². The molecule has 4 rings (SSSR count). The Bertz CT molecular complexity index is 1200. The molecular formula is C28H31F3N2O2. The van der Waals surface area contributed by atoms with Crippen LogP contribution in [0.5, 0.6) is 5.75 Å². The van der Waals surface area contributed by atoms with Crippen molar-refractivity contribution < 1.29 is 23.0 Å². The first kappa shape index (κ1) is 25.2. The first-order chi connectivity index (χ1) is 16.8. The number of pyridine rings is 1. The third-order valence-electron chi connectivity index (χ3n) is 7.22. The van der Waals surface area contributed by atoms with Crippen molar-refractivity contribution in [3.8, 4) is 5.75 Å². The van der Waals surface area contributed by atoms with Gasteiger partial charge in [-0.2, -0.15) is 0 Å². The minimum Gasteiger partial charge on any atom is -0.497 e. The van der Waals surface area contributed by atoms with E-state index in [1.54, 1.807) is 13.3 Å². The van der Waals surface area contributed by atoms with Crippen molar-refractivity contribution in [2.24, 2.45) is 17.8 Å². The molecule has 1 saturated heterocycles. The molecular weight excluding hydrogens is 453 g/mol. The molecule has 1 fully saturated rings. The first-order valence-electron chi connectivity index (χ1n) is 11.9. The lowest BCUT2D eigenvalue weighted by Gasteiger charge is -2.39. The van der Waals surface area contributed by atoms with Crippen molar-refractivity contribution in [1.82, 2.24) is 9.88 Å². The fraction of sp³-hybridized carbons (Fsp3) is 0.393. The quantitative estimate of drug-likeness (QED) is 0.313. The maximum atomic E-state index is 14.2. The smallest absolute Gasteiger partial charge is 0.194 e. The topological polar surface area (TPSA) is 45.6 Å². The number of hydrogen-bond acceptors (Lipinski definition) is 4. The predicted octanol–water partition coefficient (Wildman–Crippen LogP) is 6.04. The minimum atomic E-state index is -1.43. The number of methoxy groups -OCH3 is 1. The number of ether oxygens (including phenoxy) is 1. The van der Waals surface area contributed by atoms with Gasteiger partial charge in [0.2, 0.25) is 0 Å². The Morgan fingerprint density at radius 1 is 1.20 bits per heavy atom. The second-order valence-electron chi connectivity index (χ2n) is 9.46. The molecule has 2 aromatic carbocycles. The molecule has 186 valence electrons. The predicted molar refractivity (Wildman–Crippen MR) is 130 cm³/mol. The van der Waals surface area contributed by atoms with E-state index >= 15 is 0 Å². The van der Waals surface area contributed by atoms with Crippen LogP contribution in [0.2, 0.25) is 0 Å². The zero-order chi connectivity index (χ0) is 25.1. The number of rotatable bonds is 8. The van der Waals surface area contributed by atoms with E-state index in [1.165, 1.54) is 6.07 Å². The highest BCUT2D eigenvalue weighted by Crippen LogP contribution is 2.37. The van der Waals surface area contributed by atoms with E-state index in [1.807, 2.05) is 42.2 Å². The molecule has 3 aromatic rings. The molecule has 1 aliphatic heterocycles. The third-order valence-corrected chi connectivity index (χ3v) is 7.22. The molecule has 2 heterocycles. The van der Waals surface area contributed by atoms with E-state index in [9.17, 15) is 18.3 Å². The monoisotopic (exact) mass is 484 g/mol. The van der Waals surface area contributed by atoms with Crippen molar-refractivity contribution in [2.45, 2.75) is 32.4 Å². The molecule has 7 heteroatoms. The Balaban J connectivity index is 1.44. The molecule has 0 spiro atoms. The fourth-order valence-electron chi connectivity index (χ4n) is 5.18. The van der Waals surface area contributed by atoms with Gasteiger partial charge in [-0.15, -0.1) is 6.58 Å². The van der Waals surface area contributed by atoms with Gasteiger partial charge in [-0.25, -0.2) is 13.2 Å². The molecule has 0 amide bonds. The fourth-order valence-corrected chi connectivity index (χ4v) is 5.18. The van der Waals surface area contributed by atoms with Gasteiger partial charge in [0, 0.05) is 30.2 Å². The van der Waals surface area contributed by atoms with E-state index in [-0.39, 0.29) is 23.9 Å². The summed E-state index contributed by atoms with van der Waals surface area (Å²) in [5.74, 6) is -2.60. The number of likely N-dealkylation sites (tertiary alicyclic amines) is 1. The van der Waals surface area contributed by atoms with Crippen LogP contribution in [-0.2, 0) is 6.54 Å². The third kappa shape index (κ3) is 5.36. The highest BCUT2D eigenvalue weighted by atomic mass is 19.2. The van der Waals surface area contributed by atoms with Gasteiger partial charge in [-0.05, 0) is 73.0 Å². The van der Waals surface area contributed by atoms with E-state index < -0.39 is 23.6 Å². The summed E-state index contributed by atoms with van der Waals surface area (Å²) >= 11 is 0. The van der Waals surface area contributed by atoms with Crippen molar-refractivity contribution in [1.29, 1.82) is 0 Å². The van der Waals surface area contributed by atoms with Crippen molar-refractivity contribution in [2.75, 3.05) is 20.2 Å². The van der Waals surface area contributed by atoms with Crippen LogP contribution in [0.1, 0.15) is 37.0 Å². The first-order valence-corrected chi connectivity index (χ1v) is 11.9. The highest BCUT2D eigenvalue weighted by Gasteiger charge is 2.31. The number of benzene rings is 2. The minimum absolute atomic E-state index is 0.0190. The zero-order valence-electron chi connectivity index (χ0n) is 20.1. The molecule has 35 heavy (non-hydrogen) atoms. The lowest BCUT2D eigenvalue weighted by molar-refractivity contribution is 0.0718. The van der Waals surface area contributed by atoms with Gasteiger partial charge in [0.1, 0.15) is 5.75 Å². The summed E-state index contributed by atoms with van der Waals surface area (Å²) in [6.07, 6.45) is 4.57. The summed E-state index contributed by atoms with van der Waals surface area (Å²) in [7, 11) is 1.61. The Kier molecular flexibility index (Phi) is 7.77. The summed E-state index contributed by atoms with van der Waals surface area (Å²) in [5.41, 5.74) is 1.77. The molecule has 0 saturated carbocycles. The van der Waals surface area contributed by atoms with Crippen LogP contribution in [0.15, 0.2) is 55.3 Å². The van der Waals surface area contributed by atoms with Gasteiger partial charge in [-0.3, -0.25) is 9.88 Å². The largest absolute Gasteiger partial charge is 0.497 e. The molecule has 4 atom stereocenters. The van der Waals surface area contributed by atoms with Crippen molar-refractivity contribution in [3.05, 3.63) is 83.8 Å². The van der Waals surface area contributed by atoms with Gasteiger partial charge in [-0.1, -0.05) is 19.1 Å². The second-order valence-corrected chi connectivity index (χ2v) is 9.46. The molecule has 4 unspecified atom stereocenters. The molecule has 0 radical (unpaired) electrons. The SMILES string of the molecule is C=CC1CN(Cc2ccc(F)c(F)c2F)CCC1CC(C)C(O)c1ccnc2ccc(OC)cc12. The number of aliphatic hydroxyl groups excluding tert-OH is 1. The summed E-state index contributed by atoms with van der Waals surface area (Å²) in [5, 5.41) is 12.1. The Morgan fingerprint density at radius 2 is 2.00 bits per heavy atom. The standard InChI is InChI=1S/C28H31F3N2O2/c1-4-18-15-33(16-20-5-7-24(29)27(31)26(20)30)12-10-19(18)13-17(2)28(34)22-9-11-32-25-8-6-21(35-3)14-23(22)25/h4-9,11,14,17-19,28,34H,1,10,12-13,15-16H2,2-3H3. The molecule has 1 N–H and O–H groups in total. The molecule has 1 aliphatic rings. The lowest BCUT2D eigenvalue weighted by Crippen LogP contribution is -2.40. The molecule has 0 aliphatic carbocycles. The number of piperidine rings is 1. The number of aliphatic hydroxyl groups is 1. The van der Waals surface area contributed by atoms with Crippen molar-refractivity contribution >= 4 is 10.9 Å². The molecule has 0 bridgehead atoms. The van der Waals surface area contributed by atoms with Crippen molar-refractivity contribution in [3.63, 3.8) is 0 Å². The highest BCUT2D eigenvalue weighted by molar-refractivity contribution is 5.83. The van der Waals surface area contributed by atoms with Crippen LogP contribution in [0, 0.1) is 35.2 Å². The summed E-state index contributed by atoms with van der Waals surface area (Å²) in [4.78, 5) is 6.45. The van der Waals surface area contributed by atoms with Gasteiger partial charge in [0.25, 0.3) is 0 Å². The number of nitrogens with zero attached hydrogens (tertiary/aromatic N) is 2. The summed E-state index contributed by atoms with van der Waals surface area (Å²) in [6, 6.07) is 9.75. The van der Waals surface area contributed by atoms with E-state index in [0.717, 1.165) is 35.4 Å². The number of fused-ring (bicyclic) bond motifs is 1. The second kappa shape index (κ2) is 10.8. The summed E-state index contributed by atoms with van der Waals surface area (Å²) in [6.45, 7) is 7.59. The Morgan fingerprint density at radius 3 is 2.74 bits per heavy atom. The van der Waals surface area contributed by atoms with Crippen LogP contribution in [0.25, 0.3) is 10.9 Å². The molecule has 4 nitrogen and oxygen atoms in total. The number of aromatic nitrogens is 1. The van der Waals surface area contributed by atoms with Crippen LogP contribution in [0.4, 0.5) is 13.2 Å². The van der Waals surface area contributed by atoms with E-state index in [0.29, 0.717) is 24.8 Å². The van der Waals surface area contributed by atoms with Crippen LogP contribution in [-0.4, -0.2) is 35.2 Å². The number of hydrogen-bond donors (Lipinski definition) is 1. The van der Waals surface area contributed by atoms with Gasteiger partial charge < -0.3 is 9.84 Å². The van der Waals surface area contributed by atoms with E-state index in [4.69, 9.17) is 4.74 Å². The lowest BCUT2D eigenvalue weighted by atomic mass is 9.77. The molecule has 1 aromatic heterocycles. The Labute approximate surface area is 204 Å². The average molecular weight is 485 g/mol. The maximum absolute atomic E-state index is 14.2. The maximum Gasteiger partial charge on any atom is 0.194 e. The van der Waals surface area contributed by atoms with Gasteiger partial charge in [0.05, 0.1) is 18.7 Å². The average Bonchev–Trinajstić information content (AvgIpc) is 2.88. The summed E-state index contributed by atoms with van der Waals surface area (Å²) < 4.78 is 46.4. The van der Waals surface area contributed by atoms with Crippen LogP contribution in [0.3, 0.4) is 0 Å². The Hall–Kier alpha value is -2.90.